The fourth-order valence-corrected chi connectivity index (χ4v) is 6.86. The summed E-state index contributed by atoms with van der Waals surface area (Å²) in [5.41, 5.74) is 6.07. The molecule has 0 heteroatoms. The molecule has 116 valence electrons. The highest BCUT2D eigenvalue weighted by Crippen LogP contribution is 2.63. The molecule has 0 radical (unpaired) electrons. The van der Waals surface area contributed by atoms with E-state index in [1.54, 1.807) is 5.57 Å². The molecule has 0 spiro atoms. The van der Waals surface area contributed by atoms with Crippen LogP contribution in [0.3, 0.4) is 0 Å². The minimum absolute atomic E-state index is 0.689. The van der Waals surface area contributed by atoms with E-state index in [2.05, 4.69) is 26.8 Å². The molecule has 0 saturated heterocycles. The second-order valence-electron chi connectivity index (χ2n) is 8.70. The second-order valence-corrected chi connectivity index (χ2v) is 8.70. The van der Waals surface area contributed by atoms with Crippen LogP contribution < -0.4 is 0 Å². The number of fused-ring (bicyclic) bond motifs is 4. The van der Waals surface area contributed by atoms with Crippen LogP contribution in [0.5, 0.6) is 0 Å². The summed E-state index contributed by atoms with van der Waals surface area (Å²) < 4.78 is 0. The summed E-state index contributed by atoms with van der Waals surface area (Å²) in [6.45, 7) is 7.42. The molecule has 0 aromatic rings. The van der Waals surface area contributed by atoms with E-state index in [1.807, 2.05) is 11.1 Å². The number of allylic oxidation sites excluding steroid dienone is 4. The van der Waals surface area contributed by atoms with E-state index >= 15 is 0 Å². The van der Waals surface area contributed by atoms with E-state index in [-0.39, 0.29) is 0 Å². The largest absolute Gasteiger partial charge is 0.0812 e. The Balaban J connectivity index is 1.62. The first-order chi connectivity index (χ1) is 10.1. The van der Waals surface area contributed by atoms with Crippen LogP contribution in [0.2, 0.25) is 0 Å². The molecule has 2 saturated carbocycles. The molecule has 4 aliphatic carbocycles. The lowest BCUT2D eigenvalue weighted by Crippen LogP contribution is -2.43. The first-order valence-corrected chi connectivity index (χ1v) is 9.50. The van der Waals surface area contributed by atoms with Gasteiger partial charge in [-0.1, -0.05) is 43.1 Å². The van der Waals surface area contributed by atoms with Crippen molar-refractivity contribution in [1.82, 2.24) is 0 Å². The van der Waals surface area contributed by atoms with E-state index in [0.717, 1.165) is 23.7 Å². The Morgan fingerprint density at radius 1 is 1.19 bits per heavy atom. The van der Waals surface area contributed by atoms with Crippen molar-refractivity contribution in [2.75, 3.05) is 0 Å². The molecule has 4 rings (SSSR count). The molecule has 0 heterocycles. The van der Waals surface area contributed by atoms with Crippen molar-refractivity contribution in [2.24, 2.45) is 29.1 Å². The lowest BCUT2D eigenvalue weighted by molar-refractivity contribution is 0.0134. The Bertz CT molecular complexity index is 494. The summed E-state index contributed by atoms with van der Waals surface area (Å²) in [5, 5.41) is 0. The summed E-state index contributed by atoms with van der Waals surface area (Å²) in [4.78, 5) is 0. The Hall–Kier alpha value is -0.520. The van der Waals surface area contributed by atoms with Crippen LogP contribution in [0.4, 0.5) is 0 Å². The predicted octanol–water partition coefficient (Wildman–Crippen LogP) is 6.29. The average Bonchev–Trinajstić information content (AvgIpc) is 2.83. The van der Waals surface area contributed by atoms with Gasteiger partial charge in [-0.3, -0.25) is 0 Å². The molecule has 3 unspecified atom stereocenters. The third-order valence-electron chi connectivity index (χ3n) is 7.97. The van der Waals surface area contributed by atoms with E-state index in [9.17, 15) is 0 Å². The zero-order chi connectivity index (χ0) is 14.6. The molecule has 0 bridgehead atoms. The molecule has 21 heavy (non-hydrogen) atoms. The van der Waals surface area contributed by atoms with E-state index < -0.39 is 0 Å². The highest BCUT2D eigenvalue weighted by atomic mass is 14.6. The molecular formula is C21H32. The van der Waals surface area contributed by atoms with Gasteiger partial charge in [0.2, 0.25) is 0 Å². The third-order valence-corrected chi connectivity index (χ3v) is 7.97. The van der Waals surface area contributed by atoms with Gasteiger partial charge in [0.15, 0.2) is 0 Å². The maximum absolute atomic E-state index is 2.66. The van der Waals surface area contributed by atoms with Crippen molar-refractivity contribution < 1.29 is 0 Å². The first kappa shape index (κ1) is 14.1. The normalized spacial score (nSPS) is 45.8. The number of hydrogen-bond donors (Lipinski definition) is 0. The molecule has 0 aromatic heterocycles. The Morgan fingerprint density at radius 3 is 2.86 bits per heavy atom. The van der Waals surface area contributed by atoms with Gasteiger partial charge in [0.1, 0.15) is 0 Å². The van der Waals surface area contributed by atoms with E-state index in [1.165, 1.54) is 57.8 Å². The summed E-state index contributed by atoms with van der Waals surface area (Å²) in [7, 11) is 0. The van der Waals surface area contributed by atoms with E-state index in [4.69, 9.17) is 0 Å². The highest BCUT2D eigenvalue weighted by Gasteiger charge is 2.54. The van der Waals surface area contributed by atoms with Crippen molar-refractivity contribution in [2.45, 2.75) is 78.6 Å². The van der Waals surface area contributed by atoms with Crippen LogP contribution in [-0.4, -0.2) is 0 Å². The van der Waals surface area contributed by atoms with Gasteiger partial charge in [-0.15, -0.1) is 0 Å². The maximum Gasteiger partial charge on any atom is -0.0108 e. The van der Waals surface area contributed by atoms with Gasteiger partial charge < -0.3 is 0 Å². The second kappa shape index (κ2) is 5.00. The zero-order valence-corrected chi connectivity index (χ0v) is 14.3. The minimum atomic E-state index is 0.689. The van der Waals surface area contributed by atoms with Crippen molar-refractivity contribution in [3.05, 3.63) is 22.8 Å². The summed E-state index contributed by atoms with van der Waals surface area (Å²) >= 11 is 0. The van der Waals surface area contributed by atoms with Gasteiger partial charge in [-0.05, 0) is 87.4 Å². The number of rotatable bonds is 1. The van der Waals surface area contributed by atoms with Crippen LogP contribution in [-0.2, 0) is 0 Å². The predicted molar refractivity (Wildman–Crippen MR) is 90.1 cm³/mol. The van der Waals surface area contributed by atoms with Gasteiger partial charge >= 0.3 is 0 Å². The fourth-order valence-electron chi connectivity index (χ4n) is 6.86. The lowest BCUT2D eigenvalue weighted by Gasteiger charge is -2.52. The fraction of sp³-hybridized carbons (Fsp3) is 0.810. The molecule has 0 aromatic carbocycles. The van der Waals surface area contributed by atoms with Crippen LogP contribution in [0, 0.1) is 29.1 Å². The molecule has 4 aliphatic rings. The third kappa shape index (κ3) is 2.01. The maximum atomic E-state index is 2.66. The van der Waals surface area contributed by atoms with Crippen molar-refractivity contribution >= 4 is 0 Å². The Labute approximate surface area is 131 Å². The van der Waals surface area contributed by atoms with E-state index in [0.29, 0.717) is 5.41 Å². The average molecular weight is 284 g/mol. The van der Waals surface area contributed by atoms with Gasteiger partial charge in [0.05, 0.1) is 0 Å². The zero-order valence-electron chi connectivity index (χ0n) is 14.3. The standard InChI is InChI=1S/C21H32/c1-4-16-7-10-20-19-9-6-15-13-14(2)5-8-17(15)18(19)11-12-21(16,20)3/h5,16,18-20H,4,6-13H2,1-3H3/t16-,18?,19?,20?,21+/m0/s1. The minimum Gasteiger partial charge on any atom is -0.0812 e. The molecular weight excluding hydrogens is 252 g/mol. The van der Waals surface area contributed by atoms with Gasteiger partial charge in [0, 0.05) is 0 Å². The van der Waals surface area contributed by atoms with Crippen LogP contribution in [0.1, 0.15) is 78.6 Å². The summed E-state index contributed by atoms with van der Waals surface area (Å²) in [6.07, 6.45) is 15.5. The molecule has 0 amide bonds. The molecule has 0 nitrogen and oxygen atoms in total. The quantitative estimate of drug-likeness (QED) is 0.497. The molecule has 5 atom stereocenters. The SMILES string of the molecule is CC[C@H]1CCC2C3CCC4=C(CC=C(C)C4)C3CC[C@@]21C. The van der Waals surface area contributed by atoms with Gasteiger partial charge in [-0.2, -0.15) is 0 Å². The van der Waals surface area contributed by atoms with Crippen molar-refractivity contribution in [3.8, 4) is 0 Å². The van der Waals surface area contributed by atoms with Crippen molar-refractivity contribution in [3.63, 3.8) is 0 Å². The first-order valence-electron chi connectivity index (χ1n) is 9.50. The molecule has 0 N–H and O–H groups in total. The topological polar surface area (TPSA) is 0 Å². The van der Waals surface area contributed by atoms with Gasteiger partial charge in [-0.25, -0.2) is 0 Å². The number of hydrogen-bond acceptors (Lipinski definition) is 0. The molecule has 0 aliphatic heterocycles. The Morgan fingerprint density at radius 2 is 2.05 bits per heavy atom. The smallest absolute Gasteiger partial charge is 0.0108 e. The highest BCUT2D eigenvalue weighted by molar-refractivity contribution is 5.33. The summed E-state index contributed by atoms with van der Waals surface area (Å²) in [6, 6.07) is 0. The monoisotopic (exact) mass is 284 g/mol. The van der Waals surface area contributed by atoms with Crippen LogP contribution >= 0.6 is 0 Å². The Kier molecular flexibility index (Phi) is 3.36. The van der Waals surface area contributed by atoms with Crippen LogP contribution in [0.15, 0.2) is 22.8 Å². The lowest BCUT2D eigenvalue weighted by atomic mass is 9.53. The van der Waals surface area contributed by atoms with Crippen LogP contribution in [0.25, 0.3) is 0 Å². The van der Waals surface area contributed by atoms with Crippen molar-refractivity contribution in [1.29, 1.82) is 0 Å². The summed E-state index contributed by atoms with van der Waals surface area (Å²) in [5.74, 6) is 4.06. The van der Waals surface area contributed by atoms with Gasteiger partial charge in [0.25, 0.3) is 0 Å². The molecule has 2 fully saturated rings.